The molecule has 0 aliphatic carbocycles. The van der Waals surface area contributed by atoms with Crippen LogP contribution in [0.25, 0.3) is 10.9 Å². The van der Waals surface area contributed by atoms with E-state index >= 15 is 0 Å². The number of nitrogens with one attached hydrogen (secondary N) is 1. The zero-order valence-electron chi connectivity index (χ0n) is 7.16. The maximum absolute atomic E-state index is 8.70. The van der Waals surface area contributed by atoms with Gasteiger partial charge in [0.05, 0.1) is 0 Å². The molecule has 64 valence electrons. The molecular formula is C10H8N2Se. The average Bonchev–Trinajstić information content (AvgIpc) is 2.59. The first-order valence-electron chi connectivity index (χ1n) is 3.90. The third-order valence-electron chi connectivity index (χ3n) is 1.99. The van der Waals surface area contributed by atoms with E-state index in [0.29, 0.717) is 20.5 Å². The van der Waals surface area contributed by atoms with Crippen LogP contribution in [0, 0.1) is 11.3 Å². The molecule has 2 rings (SSSR count). The predicted molar refractivity (Wildman–Crippen MR) is 54.3 cm³/mol. The number of benzene rings is 1. The Kier molecular flexibility index (Phi) is 2.10. The summed E-state index contributed by atoms with van der Waals surface area (Å²) in [5, 5.41) is 9.95. The molecule has 0 aliphatic rings. The number of nitriles is 1. The van der Waals surface area contributed by atoms with Crippen molar-refractivity contribution in [3.8, 4) is 6.07 Å². The topological polar surface area (TPSA) is 39.6 Å². The first kappa shape index (κ1) is 8.37. The molecule has 0 aliphatic heterocycles. The summed E-state index contributed by atoms with van der Waals surface area (Å²) in [4.78, 5) is 3.18. The van der Waals surface area contributed by atoms with E-state index in [4.69, 9.17) is 5.26 Å². The molecule has 0 amide bonds. The van der Waals surface area contributed by atoms with Crippen molar-refractivity contribution in [2.45, 2.75) is 5.82 Å². The van der Waals surface area contributed by atoms with Gasteiger partial charge < -0.3 is 0 Å². The summed E-state index contributed by atoms with van der Waals surface area (Å²) in [5.41, 5.74) is 1.78. The Morgan fingerprint density at radius 3 is 3.00 bits per heavy atom. The third-order valence-corrected chi connectivity index (χ3v) is 3.62. The molecule has 1 aromatic heterocycles. The van der Waals surface area contributed by atoms with Crippen LogP contribution >= 0.6 is 0 Å². The summed E-state index contributed by atoms with van der Waals surface area (Å²) >= 11 is 0.506. The Hall–Kier alpha value is -1.23. The van der Waals surface area contributed by atoms with Crippen LogP contribution in [-0.2, 0) is 0 Å². The second kappa shape index (κ2) is 3.26. The number of rotatable bonds is 1. The van der Waals surface area contributed by atoms with E-state index in [2.05, 4.69) is 16.9 Å². The van der Waals surface area contributed by atoms with Crippen LogP contribution in [0.1, 0.15) is 5.56 Å². The Labute approximate surface area is 82.7 Å². The van der Waals surface area contributed by atoms with Gasteiger partial charge in [-0.15, -0.1) is 0 Å². The standard InChI is InChI=1S/C10H8N2Se/c1-13-10-6-12-9-4-7(5-11)2-3-8(9)10/h2-4,6,12H,1H3. The maximum atomic E-state index is 8.70. The number of aromatic amines is 1. The molecule has 1 aromatic carbocycles. The van der Waals surface area contributed by atoms with Crippen molar-refractivity contribution < 1.29 is 0 Å². The van der Waals surface area contributed by atoms with Crippen molar-refractivity contribution in [1.29, 1.82) is 5.26 Å². The van der Waals surface area contributed by atoms with Crippen LogP contribution in [-0.4, -0.2) is 19.9 Å². The normalized spacial score (nSPS) is 10.2. The fraction of sp³-hybridized carbons (Fsp3) is 0.100. The van der Waals surface area contributed by atoms with Crippen molar-refractivity contribution >= 4 is 30.3 Å². The summed E-state index contributed by atoms with van der Waals surface area (Å²) in [6.45, 7) is 0. The van der Waals surface area contributed by atoms with Gasteiger partial charge in [0, 0.05) is 0 Å². The van der Waals surface area contributed by atoms with E-state index in [9.17, 15) is 0 Å². The van der Waals surface area contributed by atoms with Gasteiger partial charge in [0.25, 0.3) is 0 Å². The van der Waals surface area contributed by atoms with Gasteiger partial charge in [-0.3, -0.25) is 0 Å². The Balaban J connectivity index is 2.70. The van der Waals surface area contributed by atoms with Crippen LogP contribution in [0.5, 0.6) is 0 Å². The van der Waals surface area contributed by atoms with Gasteiger partial charge in [-0.05, 0) is 0 Å². The summed E-state index contributed by atoms with van der Waals surface area (Å²) in [6.07, 6.45) is 2.03. The fourth-order valence-corrected chi connectivity index (χ4v) is 2.54. The zero-order valence-corrected chi connectivity index (χ0v) is 8.88. The first-order valence-corrected chi connectivity index (χ1v) is 6.47. The number of aromatic nitrogens is 1. The minimum atomic E-state index is 0.506. The van der Waals surface area contributed by atoms with Gasteiger partial charge >= 0.3 is 82.4 Å². The Morgan fingerprint density at radius 2 is 2.31 bits per heavy atom. The van der Waals surface area contributed by atoms with Crippen molar-refractivity contribution in [3.05, 3.63) is 30.0 Å². The molecule has 1 N–H and O–H groups in total. The first-order chi connectivity index (χ1) is 6.35. The quantitative estimate of drug-likeness (QED) is 0.746. The Bertz CT molecular complexity index is 479. The van der Waals surface area contributed by atoms with E-state index in [1.165, 1.54) is 9.85 Å². The van der Waals surface area contributed by atoms with E-state index in [-0.39, 0.29) is 0 Å². The molecule has 0 radical (unpaired) electrons. The molecule has 0 unspecified atom stereocenters. The third kappa shape index (κ3) is 1.35. The zero-order chi connectivity index (χ0) is 9.26. The SMILES string of the molecule is C[Se]c1c[nH]c2cc(C#N)ccc12. The van der Waals surface area contributed by atoms with Crippen molar-refractivity contribution in [3.63, 3.8) is 0 Å². The molecule has 13 heavy (non-hydrogen) atoms. The van der Waals surface area contributed by atoms with E-state index in [1.807, 2.05) is 24.4 Å². The van der Waals surface area contributed by atoms with Crippen LogP contribution in [0.2, 0.25) is 5.82 Å². The van der Waals surface area contributed by atoms with Crippen LogP contribution in [0.15, 0.2) is 24.4 Å². The summed E-state index contributed by atoms with van der Waals surface area (Å²) in [5.74, 6) is 2.19. The number of fused-ring (bicyclic) bond motifs is 1. The van der Waals surface area contributed by atoms with Crippen LogP contribution in [0.4, 0.5) is 0 Å². The molecule has 0 saturated carbocycles. The second-order valence-electron chi connectivity index (χ2n) is 2.73. The number of nitrogens with zero attached hydrogens (tertiary/aromatic N) is 1. The molecule has 0 saturated heterocycles. The molecule has 0 spiro atoms. The number of hydrogen-bond acceptors (Lipinski definition) is 1. The average molecular weight is 235 g/mol. The van der Waals surface area contributed by atoms with Gasteiger partial charge in [-0.2, -0.15) is 0 Å². The van der Waals surface area contributed by atoms with Crippen molar-refractivity contribution in [2.75, 3.05) is 0 Å². The fourth-order valence-electron chi connectivity index (χ4n) is 1.34. The van der Waals surface area contributed by atoms with Crippen molar-refractivity contribution in [1.82, 2.24) is 4.98 Å². The second-order valence-corrected chi connectivity index (χ2v) is 4.51. The molecular weight excluding hydrogens is 227 g/mol. The van der Waals surface area contributed by atoms with Gasteiger partial charge in [0.2, 0.25) is 0 Å². The van der Waals surface area contributed by atoms with E-state index in [1.54, 1.807) is 0 Å². The molecule has 2 aromatic rings. The molecule has 2 nitrogen and oxygen atoms in total. The van der Waals surface area contributed by atoms with Gasteiger partial charge in [0.15, 0.2) is 0 Å². The molecule has 3 heteroatoms. The summed E-state index contributed by atoms with van der Waals surface area (Å²) in [7, 11) is 0. The van der Waals surface area contributed by atoms with Gasteiger partial charge in [0.1, 0.15) is 0 Å². The van der Waals surface area contributed by atoms with Crippen LogP contribution in [0.3, 0.4) is 0 Å². The van der Waals surface area contributed by atoms with Gasteiger partial charge in [-0.1, -0.05) is 0 Å². The molecule has 0 fully saturated rings. The monoisotopic (exact) mass is 236 g/mol. The van der Waals surface area contributed by atoms with Crippen molar-refractivity contribution in [2.24, 2.45) is 0 Å². The van der Waals surface area contributed by atoms with E-state index < -0.39 is 0 Å². The predicted octanol–water partition coefficient (Wildman–Crippen LogP) is 1.42. The minimum absolute atomic E-state index is 0.506. The number of H-pyrrole nitrogens is 1. The Morgan fingerprint density at radius 1 is 1.46 bits per heavy atom. The van der Waals surface area contributed by atoms with E-state index in [0.717, 1.165) is 5.52 Å². The van der Waals surface area contributed by atoms with Gasteiger partial charge in [-0.25, -0.2) is 0 Å². The molecule has 0 atom stereocenters. The van der Waals surface area contributed by atoms with Crippen LogP contribution < -0.4 is 4.46 Å². The number of hydrogen-bond donors (Lipinski definition) is 1. The molecule has 1 heterocycles. The summed E-state index contributed by atoms with van der Waals surface area (Å²) in [6, 6.07) is 7.91. The summed E-state index contributed by atoms with van der Waals surface area (Å²) < 4.78 is 1.37. The molecule has 0 bridgehead atoms.